The number of aromatic nitrogens is 1. The summed E-state index contributed by atoms with van der Waals surface area (Å²) in [6, 6.07) is 0. The van der Waals surface area contributed by atoms with Crippen molar-refractivity contribution in [2.24, 2.45) is 0 Å². The van der Waals surface area contributed by atoms with Gasteiger partial charge in [-0.1, -0.05) is 0 Å². The second kappa shape index (κ2) is 1.26. The maximum absolute atomic E-state index is 4.54. The molecule has 0 saturated heterocycles. The summed E-state index contributed by atoms with van der Waals surface area (Å²) in [6.45, 7) is 0. The van der Waals surface area contributed by atoms with Crippen molar-refractivity contribution in [3.05, 3.63) is 12.5 Å². The molecule has 0 bridgehead atoms. The van der Waals surface area contributed by atoms with Crippen LogP contribution in [0.3, 0.4) is 0 Å². The molecule has 1 aromatic heterocycles. The van der Waals surface area contributed by atoms with Gasteiger partial charge in [0.15, 0.2) is 0 Å². The summed E-state index contributed by atoms with van der Waals surface area (Å²) in [5.41, 5.74) is 0. The molecule has 1 radical (unpaired) electrons. The summed E-state index contributed by atoms with van der Waals surface area (Å²) in [5.74, 6) is 0. The van der Waals surface area contributed by atoms with Gasteiger partial charge in [0.1, 0.15) is 6.26 Å². The van der Waals surface area contributed by atoms with Crippen LogP contribution >= 0.6 is 12.6 Å². The third kappa shape index (κ3) is 0.490. The van der Waals surface area contributed by atoms with Gasteiger partial charge < -0.3 is 4.42 Å². The number of hydrogen-bond donors (Lipinski definition) is 0. The molecule has 1 heterocycles. The Bertz CT molecular complexity index is 114. The van der Waals surface area contributed by atoms with Crippen molar-refractivity contribution < 1.29 is 4.42 Å². The summed E-state index contributed by atoms with van der Waals surface area (Å²) >= 11 is 4.47. The van der Waals surface area contributed by atoms with Crippen molar-refractivity contribution in [1.82, 2.24) is 4.98 Å². The molecule has 0 amide bonds. The Labute approximate surface area is 40.6 Å². The Balaban J connectivity index is 3.05. The predicted molar refractivity (Wildman–Crippen MR) is 22.4 cm³/mol. The molecule has 0 aliphatic carbocycles. The van der Waals surface area contributed by atoms with Crippen molar-refractivity contribution in [2.75, 3.05) is 0 Å². The average molecular weight is 100 g/mol. The lowest BCUT2D eigenvalue weighted by Crippen LogP contribution is -1.51. The summed E-state index contributed by atoms with van der Waals surface area (Å²) < 4.78 is 4.54. The molecule has 0 fully saturated rings. The molecule has 31 valence electrons. The fourth-order valence-corrected chi connectivity index (χ4v) is 0.327. The van der Waals surface area contributed by atoms with Crippen molar-refractivity contribution in [3.63, 3.8) is 0 Å². The standard InChI is InChI=1S/C3H2NOS/c6-3-4-1-2-5-3/h1-2H. The maximum atomic E-state index is 4.54. The van der Waals surface area contributed by atoms with E-state index in [-0.39, 0.29) is 0 Å². The highest BCUT2D eigenvalue weighted by Gasteiger charge is 1.81. The first-order chi connectivity index (χ1) is 2.89. The van der Waals surface area contributed by atoms with E-state index in [1.165, 1.54) is 12.5 Å². The molecule has 1 rings (SSSR count). The molecule has 0 spiro atoms. The zero-order valence-electron chi connectivity index (χ0n) is 2.92. The first-order valence-corrected chi connectivity index (χ1v) is 1.87. The first kappa shape index (κ1) is 3.61. The van der Waals surface area contributed by atoms with Crippen LogP contribution in [0.15, 0.2) is 22.1 Å². The molecule has 0 aliphatic rings. The molecule has 0 unspecified atom stereocenters. The van der Waals surface area contributed by atoms with Gasteiger partial charge in [-0.3, -0.25) is 0 Å². The molecule has 6 heavy (non-hydrogen) atoms. The Morgan fingerprint density at radius 1 is 1.83 bits per heavy atom. The van der Waals surface area contributed by atoms with Gasteiger partial charge in [0.2, 0.25) is 0 Å². The lowest BCUT2D eigenvalue weighted by Gasteiger charge is -1.63. The van der Waals surface area contributed by atoms with Crippen molar-refractivity contribution in [2.45, 2.75) is 5.22 Å². The largest absolute Gasteiger partial charge is 0.437 e. The van der Waals surface area contributed by atoms with Gasteiger partial charge in [-0.05, 0) is 12.6 Å². The number of rotatable bonds is 0. The summed E-state index contributed by atoms with van der Waals surface area (Å²) in [6.07, 6.45) is 2.96. The second-order valence-corrected chi connectivity index (χ2v) is 1.15. The fraction of sp³-hybridized carbons (Fsp3) is 0. The Kier molecular flexibility index (Phi) is 0.759. The molecule has 1 aromatic rings. The van der Waals surface area contributed by atoms with Crippen LogP contribution < -0.4 is 0 Å². The van der Waals surface area contributed by atoms with E-state index in [1.807, 2.05) is 0 Å². The summed E-state index contributed by atoms with van der Waals surface area (Å²) in [4.78, 5) is 3.56. The van der Waals surface area contributed by atoms with E-state index in [2.05, 4.69) is 22.0 Å². The Morgan fingerprint density at radius 2 is 2.67 bits per heavy atom. The SMILES string of the molecule is [S]c1ncco1. The Hall–Kier alpha value is -0.570. The van der Waals surface area contributed by atoms with Crippen molar-refractivity contribution >= 4 is 12.6 Å². The van der Waals surface area contributed by atoms with Gasteiger partial charge in [0.25, 0.3) is 5.22 Å². The zero-order valence-corrected chi connectivity index (χ0v) is 3.73. The topological polar surface area (TPSA) is 26.0 Å². The van der Waals surface area contributed by atoms with Crippen LogP contribution in [-0.2, 0) is 0 Å². The molecule has 0 atom stereocenters. The fourth-order valence-electron chi connectivity index (χ4n) is 0.210. The highest BCUT2D eigenvalue weighted by atomic mass is 32.1. The van der Waals surface area contributed by atoms with Crippen LogP contribution in [0.1, 0.15) is 0 Å². The molecular weight excluding hydrogens is 98.1 g/mol. The zero-order chi connectivity index (χ0) is 4.41. The van der Waals surface area contributed by atoms with Crippen molar-refractivity contribution in [1.29, 1.82) is 0 Å². The van der Waals surface area contributed by atoms with Gasteiger partial charge in [-0.2, -0.15) is 0 Å². The molecule has 0 aliphatic heterocycles. The van der Waals surface area contributed by atoms with E-state index in [0.29, 0.717) is 5.22 Å². The highest BCUT2D eigenvalue weighted by molar-refractivity contribution is 7.80. The van der Waals surface area contributed by atoms with E-state index in [0.717, 1.165) is 0 Å². The first-order valence-electron chi connectivity index (χ1n) is 1.46. The molecule has 2 nitrogen and oxygen atoms in total. The van der Waals surface area contributed by atoms with Crippen LogP contribution in [-0.4, -0.2) is 4.98 Å². The molecule has 0 aromatic carbocycles. The number of nitrogens with zero attached hydrogens (tertiary/aromatic N) is 1. The maximum Gasteiger partial charge on any atom is 0.288 e. The molecule has 3 heteroatoms. The van der Waals surface area contributed by atoms with Crippen molar-refractivity contribution in [3.8, 4) is 0 Å². The minimum atomic E-state index is 0.301. The van der Waals surface area contributed by atoms with Crippen LogP contribution in [0.5, 0.6) is 0 Å². The molecular formula is C3H2NOS. The van der Waals surface area contributed by atoms with Gasteiger partial charge >= 0.3 is 0 Å². The molecule has 0 saturated carbocycles. The smallest absolute Gasteiger partial charge is 0.288 e. The van der Waals surface area contributed by atoms with E-state index in [9.17, 15) is 0 Å². The van der Waals surface area contributed by atoms with E-state index in [1.54, 1.807) is 0 Å². The monoisotopic (exact) mass is 100.0 g/mol. The number of hydrogen-bond acceptors (Lipinski definition) is 2. The molecule has 0 N–H and O–H groups in total. The quantitative estimate of drug-likeness (QED) is 0.490. The third-order valence-corrected chi connectivity index (χ3v) is 0.611. The minimum Gasteiger partial charge on any atom is -0.437 e. The number of oxazole rings is 1. The Morgan fingerprint density at radius 3 is 2.83 bits per heavy atom. The normalized spacial score (nSPS) is 8.67. The van der Waals surface area contributed by atoms with Gasteiger partial charge in [-0.15, -0.1) is 0 Å². The lowest BCUT2D eigenvalue weighted by molar-refractivity contribution is 0.456. The van der Waals surface area contributed by atoms with Crippen LogP contribution in [0.4, 0.5) is 0 Å². The average Bonchev–Trinajstić information content (AvgIpc) is 1.86. The van der Waals surface area contributed by atoms with Gasteiger partial charge in [0, 0.05) is 0 Å². The van der Waals surface area contributed by atoms with E-state index < -0.39 is 0 Å². The third-order valence-electron chi connectivity index (χ3n) is 0.410. The second-order valence-electron chi connectivity index (χ2n) is 0.798. The summed E-state index contributed by atoms with van der Waals surface area (Å²) in [7, 11) is 0. The van der Waals surface area contributed by atoms with E-state index >= 15 is 0 Å². The summed E-state index contributed by atoms with van der Waals surface area (Å²) in [5, 5.41) is 0.301. The minimum absolute atomic E-state index is 0.301. The van der Waals surface area contributed by atoms with Crippen LogP contribution in [0.25, 0.3) is 0 Å². The van der Waals surface area contributed by atoms with Gasteiger partial charge in [-0.25, -0.2) is 4.98 Å². The van der Waals surface area contributed by atoms with Gasteiger partial charge in [0.05, 0.1) is 6.20 Å². The van der Waals surface area contributed by atoms with Crippen LogP contribution in [0, 0.1) is 0 Å². The lowest BCUT2D eigenvalue weighted by atomic mass is 11.0. The predicted octanol–water partition coefficient (Wildman–Crippen LogP) is 1.23. The highest BCUT2D eigenvalue weighted by Crippen LogP contribution is 1.96. The van der Waals surface area contributed by atoms with E-state index in [4.69, 9.17) is 0 Å². The van der Waals surface area contributed by atoms with Crippen LogP contribution in [0.2, 0.25) is 0 Å².